The van der Waals surface area contributed by atoms with Gasteiger partial charge in [-0.3, -0.25) is 0 Å². The molecule has 1 unspecified atom stereocenters. The van der Waals surface area contributed by atoms with E-state index in [9.17, 15) is 8.42 Å². The molecule has 8 heteroatoms. The summed E-state index contributed by atoms with van der Waals surface area (Å²) in [5, 5.41) is 10.9. The number of thiophene rings is 1. The predicted octanol–water partition coefficient (Wildman–Crippen LogP) is 2.00. The highest BCUT2D eigenvalue weighted by Gasteiger charge is 2.28. The molecule has 0 amide bonds. The second-order valence-electron chi connectivity index (χ2n) is 5.87. The fraction of sp³-hybridized carbons (Fsp3) is 0.643. The summed E-state index contributed by atoms with van der Waals surface area (Å²) in [6.07, 6.45) is 3.14. The van der Waals surface area contributed by atoms with E-state index in [0.717, 1.165) is 12.4 Å². The van der Waals surface area contributed by atoms with E-state index in [2.05, 4.69) is 32.5 Å². The number of hydrogen-bond acceptors (Lipinski definition) is 4. The molecule has 22 heavy (non-hydrogen) atoms. The number of aliphatic imine (C=N–C) groups is 1. The van der Waals surface area contributed by atoms with Crippen molar-refractivity contribution in [3.8, 4) is 0 Å². The van der Waals surface area contributed by atoms with E-state index in [4.69, 9.17) is 0 Å². The third kappa shape index (κ3) is 5.69. The highest BCUT2D eigenvalue weighted by atomic mass is 127. The Morgan fingerprint density at radius 2 is 2.18 bits per heavy atom. The van der Waals surface area contributed by atoms with Gasteiger partial charge in [0.2, 0.25) is 0 Å². The Balaban J connectivity index is 0.00000176. The molecular weight excluding hydrogens is 433 g/mol. The molecule has 5 nitrogen and oxygen atoms in total. The lowest BCUT2D eigenvalue weighted by atomic mass is 10.1. The molecule has 1 aliphatic carbocycles. The Morgan fingerprint density at radius 3 is 2.77 bits per heavy atom. The van der Waals surface area contributed by atoms with E-state index in [1.807, 2.05) is 0 Å². The summed E-state index contributed by atoms with van der Waals surface area (Å²) in [5.74, 6) is 1.66. The maximum atomic E-state index is 11.5. The van der Waals surface area contributed by atoms with Gasteiger partial charge in [0.25, 0.3) is 0 Å². The van der Waals surface area contributed by atoms with Crippen LogP contribution >= 0.6 is 35.3 Å². The molecule has 2 aliphatic rings. The van der Waals surface area contributed by atoms with Gasteiger partial charge in [-0.1, -0.05) is 0 Å². The van der Waals surface area contributed by atoms with Crippen molar-refractivity contribution >= 4 is 51.1 Å². The van der Waals surface area contributed by atoms with Gasteiger partial charge in [0.15, 0.2) is 15.8 Å². The monoisotopic (exact) mass is 455 g/mol. The molecule has 0 aromatic carbocycles. The number of rotatable bonds is 5. The summed E-state index contributed by atoms with van der Waals surface area (Å²) < 4.78 is 23.0. The van der Waals surface area contributed by atoms with Crippen molar-refractivity contribution < 1.29 is 8.42 Å². The molecule has 1 aliphatic heterocycles. The third-order valence-corrected chi connectivity index (χ3v) is 6.37. The first kappa shape index (κ1) is 18.0. The van der Waals surface area contributed by atoms with Gasteiger partial charge in [-0.25, -0.2) is 13.4 Å². The average Bonchev–Trinajstić information content (AvgIpc) is 2.97. The number of hydrogen-bond donors (Lipinski definition) is 2. The first-order chi connectivity index (χ1) is 10.1. The molecule has 2 fully saturated rings. The van der Waals surface area contributed by atoms with Crippen molar-refractivity contribution in [2.24, 2.45) is 10.9 Å². The van der Waals surface area contributed by atoms with Gasteiger partial charge in [0, 0.05) is 12.6 Å². The summed E-state index contributed by atoms with van der Waals surface area (Å²) in [4.78, 5) is 4.60. The highest BCUT2D eigenvalue weighted by Crippen LogP contribution is 2.19. The minimum Gasteiger partial charge on any atom is -0.356 e. The largest absolute Gasteiger partial charge is 0.356 e. The molecule has 2 N–H and O–H groups in total. The van der Waals surface area contributed by atoms with Crippen LogP contribution in [0.3, 0.4) is 0 Å². The Kier molecular flexibility index (Phi) is 6.51. The normalized spacial score (nSPS) is 23.8. The van der Waals surface area contributed by atoms with Gasteiger partial charge >= 0.3 is 0 Å². The van der Waals surface area contributed by atoms with E-state index in [1.165, 1.54) is 18.4 Å². The standard InChI is InChI=1S/C14H21N3O2S2.HI/c18-21(19)6-4-12(10-21)8-16-14(17-13-1-2-13)15-7-11-3-5-20-9-11;/h3,5,9,12-13H,1-2,4,6-8,10H2,(H2,15,16,17);1H. The molecule has 124 valence electrons. The second kappa shape index (κ2) is 7.96. The molecular formula is C14H22IN3O2S2. The minimum absolute atomic E-state index is 0. The van der Waals surface area contributed by atoms with Gasteiger partial charge in [-0.15, -0.1) is 24.0 Å². The van der Waals surface area contributed by atoms with Crippen LogP contribution in [0.1, 0.15) is 24.8 Å². The van der Waals surface area contributed by atoms with Crippen LogP contribution in [-0.2, 0) is 16.4 Å². The zero-order chi connectivity index (χ0) is 14.7. The molecule has 0 radical (unpaired) electrons. The SMILES string of the molecule is I.O=S1(=O)CCC(CNC(=NCc2ccsc2)NC2CC2)C1. The Hall–Kier alpha value is -0.350. The van der Waals surface area contributed by atoms with Crippen molar-refractivity contribution in [2.45, 2.75) is 31.8 Å². The van der Waals surface area contributed by atoms with Crippen molar-refractivity contribution in [3.63, 3.8) is 0 Å². The number of guanidine groups is 1. The number of sulfone groups is 1. The van der Waals surface area contributed by atoms with Gasteiger partial charge in [-0.05, 0) is 47.6 Å². The van der Waals surface area contributed by atoms with Gasteiger partial charge < -0.3 is 10.6 Å². The first-order valence-electron chi connectivity index (χ1n) is 7.37. The van der Waals surface area contributed by atoms with E-state index in [-0.39, 0.29) is 29.9 Å². The summed E-state index contributed by atoms with van der Waals surface area (Å²) in [6, 6.07) is 2.61. The summed E-state index contributed by atoms with van der Waals surface area (Å²) >= 11 is 1.67. The zero-order valence-corrected chi connectivity index (χ0v) is 16.3. The van der Waals surface area contributed by atoms with Crippen LogP contribution in [0.4, 0.5) is 0 Å². The molecule has 1 saturated heterocycles. The lowest BCUT2D eigenvalue weighted by molar-refractivity contribution is 0.566. The molecule has 1 saturated carbocycles. The van der Waals surface area contributed by atoms with Crippen LogP contribution in [0.15, 0.2) is 21.8 Å². The van der Waals surface area contributed by atoms with Gasteiger partial charge in [-0.2, -0.15) is 11.3 Å². The number of nitrogens with one attached hydrogen (secondary N) is 2. The van der Waals surface area contributed by atoms with Crippen molar-refractivity contribution in [3.05, 3.63) is 22.4 Å². The van der Waals surface area contributed by atoms with E-state index in [1.54, 1.807) is 11.3 Å². The van der Waals surface area contributed by atoms with Crippen molar-refractivity contribution in [2.75, 3.05) is 18.1 Å². The Morgan fingerprint density at radius 1 is 1.36 bits per heavy atom. The third-order valence-electron chi connectivity index (χ3n) is 3.80. The van der Waals surface area contributed by atoms with Crippen LogP contribution in [0.5, 0.6) is 0 Å². The smallest absolute Gasteiger partial charge is 0.191 e. The van der Waals surface area contributed by atoms with Crippen LogP contribution in [-0.4, -0.2) is 38.5 Å². The van der Waals surface area contributed by atoms with Crippen LogP contribution in [0.2, 0.25) is 0 Å². The Bertz CT molecular complexity index is 598. The molecule has 3 rings (SSSR count). The lowest BCUT2D eigenvalue weighted by Gasteiger charge is -2.14. The van der Waals surface area contributed by atoms with Gasteiger partial charge in [0.05, 0.1) is 18.1 Å². The maximum absolute atomic E-state index is 11.5. The summed E-state index contributed by atoms with van der Waals surface area (Å²) in [5.41, 5.74) is 1.21. The average molecular weight is 455 g/mol. The number of nitrogens with zero attached hydrogens (tertiary/aromatic N) is 1. The van der Waals surface area contributed by atoms with Gasteiger partial charge in [0.1, 0.15) is 0 Å². The maximum Gasteiger partial charge on any atom is 0.191 e. The molecule has 1 aromatic heterocycles. The molecule has 1 atom stereocenters. The topological polar surface area (TPSA) is 70.6 Å². The van der Waals surface area contributed by atoms with Crippen molar-refractivity contribution in [1.82, 2.24) is 10.6 Å². The fourth-order valence-corrected chi connectivity index (χ4v) is 4.92. The van der Waals surface area contributed by atoms with Crippen LogP contribution in [0, 0.1) is 5.92 Å². The number of halogens is 1. The van der Waals surface area contributed by atoms with E-state index in [0.29, 0.717) is 30.6 Å². The second-order valence-corrected chi connectivity index (χ2v) is 8.87. The molecule has 0 spiro atoms. The summed E-state index contributed by atoms with van der Waals surface area (Å²) in [6.45, 7) is 1.34. The Labute approximate surface area is 152 Å². The first-order valence-corrected chi connectivity index (χ1v) is 10.1. The molecule has 2 heterocycles. The predicted molar refractivity (Wildman–Crippen MR) is 102 cm³/mol. The quantitative estimate of drug-likeness (QED) is 0.405. The molecule has 1 aromatic rings. The zero-order valence-electron chi connectivity index (χ0n) is 12.3. The summed E-state index contributed by atoms with van der Waals surface area (Å²) in [7, 11) is -2.80. The fourth-order valence-electron chi connectivity index (χ4n) is 2.40. The minimum atomic E-state index is -2.80. The van der Waals surface area contributed by atoms with E-state index >= 15 is 0 Å². The highest BCUT2D eigenvalue weighted by molar-refractivity contribution is 14.0. The lowest BCUT2D eigenvalue weighted by Crippen LogP contribution is -2.41. The van der Waals surface area contributed by atoms with Crippen molar-refractivity contribution in [1.29, 1.82) is 0 Å². The molecule has 0 bridgehead atoms. The van der Waals surface area contributed by atoms with E-state index < -0.39 is 9.84 Å². The van der Waals surface area contributed by atoms with Crippen LogP contribution < -0.4 is 10.6 Å². The van der Waals surface area contributed by atoms with Crippen LogP contribution in [0.25, 0.3) is 0 Å².